The largest absolute Gasteiger partial charge is 0.464 e. The van der Waals surface area contributed by atoms with E-state index in [2.05, 4.69) is 25.7 Å². The van der Waals surface area contributed by atoms with Crippen LogP contribution < -0.4 is 0 Å². The number of hydrogen-bond acceptors (Lipinski definition) is 5. The number of ether oxygens (including phenoxy) is 1. The van der Waals surface area contributed by atoms with Crippen molar-refractivity contribution in [3.05, 3.63) is 41.1 Å². The van der Waals surface area contributed by atoms with Crippen LogP contribution in [-0.2, 0) is 11.2 Å². The van der Waals surface area contributed by atoms with Gasteiger partial charge in [-0.1, -0.05) is 34.2 Å². The summed E-state index contributed by atoms with van der Waals surface area (Å²) in [5.74, 6) is -0.280. The first-order valence-corrected chi connectivity index (χ1v) is 5.73. The molecule has 0 fully saturated rings. The maximum Gasteiger partial charge on any atom is 0.360 e. The van der Waals surface area contributed by atoms with E-state index >= 15 is 0 Å². The average molecular weight is 302 g/mol. The van der Waals surface area contributed by atoms with Crippen LogP contribution >= 0.6 is 15.9 Å². The van der Waals surface area contributed by atoms with Crippen molar-refractivity contribution in [2.24, 2.45) is 0 Å². The van der Waals surface area contributed by atoms with Crippen LogP contribution in [0, 0.1) is 0 Å². The first-order chi connectivity index (χ1) is 8.17. The normalized spacial score (nSPS) is 13.4. The van der Waals surface area contributed by atoms with Gasteiger partial charge in [-0.2, -0.15) is 0 Å². The van der Waals surface area contributed by atoms with E-state index in [9.17, 15) is 9.90 Å². The summed E-state index contributed by atoms with van der Waals surface area (Å²) in [7, 11) is 1.26. The van der Waals surface area contributed by atoms with Gasteiger partial charge in [-0.3, -0.25) is 0 Å². The molecule has 1 heterocycles. The van der Waals surface area contributed by atoms with Crippen LogP contribution in [0.5, 0.6) is 0 Å². The van der Waals surface area contributed by atoms with E-state index < -0.39 is 12.1 Å². The van der Waals surface area contributed by atoms with Crippen molar-refractivity contribution < 1.29 is 19.1 Å². The zero-order chi connectivity index (χ0) is 12.7. The minimum atomic E-state index is -0.720. The van der Waals surface area contributed by atoms with Gasteiger partial charge in [0.1, 0.15) is 6.26 Å². The zero-order valence-electron chi connectivity index (χ0n) is 9.17. The van der Waals surface area contributed by atoms with Gasteiger partial charge < -0.3 is 14.3 Å². The van der Waals surface area contributed by atoms with Gasteiger partial charge in [-0.05, 0) is 4.99 Å². The Labute approximate surface area is 107 Å². The first-order valence-electron chi connectivity index (χ1n) is 4.81. The lowest BCUT2D eigenvalue weighted by Gasteiger charge is -1.99. The molecule has 0 radical (unpaired) electrons. The SMILES string of the molecule is COC(=O)c1coc(C[C@@H](O)/C=C/C=C\Br)n1. The number of carbonyl (C=O) groups excluding carboxylic acids is 1. The first kappa shape index (κ1) is 13.7. The van der Waals surface area contributed by atoms with E-state index in [1.54, 1.807) is 23.2 Å². The third-order valence-electron chi connectivity index (χ3n) is 1.85. The predicted octanol–water partition coefficient (Wildman–Crippen LogP) is 1.83. The lowest BCUT2D eigenvalue weighted by Crippen LogP contribution is -2.07. The molecule has 92 valence electrons. The molecular weight excluding hydrogens is 290 g/mol. The van der Waals surface area contributed by atoms with Crippen LogP contribution in [0.15, 0.2) is 33.9 Å². The van der Waals surface area contributed by atoms with Gasteiger partial charge in [0.05, 0.1) is 19.6 Å². The Kier molecular flexibility index (Phi) is 5.65. The molecule has 0 saturated heterocycles. The van der Waals surface area contributed by atoms with Crippen LogP contribution in [-0.4, -0.2) is 29.3 Å². The molecule has 0 aliphatic carbocycles. The number of nitrogens with zero attached hydrogens (tertiary/aromatic N) is 1. The number of aliphatic hydroxyl groups excluding tert-OH is 1. The van der Waals surface area contributed by atoms with Crippen LogP contribution in [0.1, 0.15) is 16.4 Å². The third kappa shape index (κ3) is 4.54. The Balaban J connectivity index is 2.57. The number of halogens is 1. The summed E-state index contributed by atoms with van der Waals surface area (Å²) in [5, 5.41) is 9.58. The number of allylic oxidation sites excluding steroid dienone is 2. The molecule has 1 rings (SSSR count). The Morgan fingerprint density at radius 1 is 1.71 bits per heavy atom. The van der Waals surface area contributed by atoms with Gasteiger partial charge in [0, 0.05) is 0 Å². The summed E-state index contributed by atoms with van der Waals surface area (Å²) in [5.41, 5.74) is 0.0963. The molecule has 1 aromatic heterocycles. The van der Waals surface area contributed by atoms with E-state index in [4.69, 9.17) is 4.42 Å². The van der Waals surface area contributed by atoms with Crippen molar-refractivity contribution in [1.29, 1.82) is 0 Å². The van der Waals surface area contributed by atoms with Gasteiger partial charge in [-0.25, -0.2) is 9.78 Å². The lowest BCUT2D eigenvalue weighted by atomic mass is 10.2. The number of rotatable bonds is 5. The molecular formula is C11H12BrNO4. The van der Waals surface area contributed by atoms with Crippen molar-refractivity contribution in [3.8, 4) is 0 Å². The highest BCUT2D eigenvalue weighted by Gasteiger charge is 2.13. The summed E-state index contributed by atoms with van der Waals surface area (Å²) in [6, 6.07) is 0. The molecule has 1 N–H and O–H groups in total. The maximum absolute atomic E-state index is 11.1. The van der Waals surface area contributed by atoms with Crippen molar-refractivity contribution in [3.63, 3.8) is 0 Å². The summed E-state index contributed by atoms with van der Waals surface area (Å²) >= 11 is 3.10. The van der Waals surface area contributed by atoms with Gasteiger partial charge in [0.15, 0.2) is 11.6 Å². The Bertz CT molecular complexity index is 425. The molecule has 0 aromatic carbocycles. The molecule has 1 aromatic rings. The molecule has 0 spiro atoms. The number of esters is 1. The van der Waals surface area contributed by atoms with Crippen LogP contribution in [0.3, 0.4) is 0 Å². The highest BCUT2D eigenvalue weighted by atomic mass is 79.9. The fourth-order valence-corrected chi connectivity index (χ4v) is 1.26. The summed E-state index contributed by atoms with van der Waals surface area (Å²) in [4.78, 5) is 16.6. The van der Waals surface area contributed by atoms with E-state index in [0.717, 1.165) is 0 Å². The average Bonchev–Trinajstić information content (AvgIpc) is 2.77. The molecule has 6 heteroatoms. The number of methoxy groups -OCH3 is 1. The van der Waals surface area contributed by atoms with Gasteiger partial charge in [-0.15, -0.1) is 0 Å². The Hall–Kier alpha value is -1.40. The van der Waals surface area contributed by atoms with Gasteiger partial charge >= 0.3 is 5.97 Å². The van der Waals surface area contributed by atoms with Gasteiger partial charge in [0.25, 0.3) is 0 Å². The number of aliphatic hydroxyl groups is 1. The molecule has 0 unspecified atom stereocenters. The van der Waals surface area contributed by atoms with Crippen LogP contribution in [0.2, 0.25) is 0 Å². The second-order valence-corrected chi connectivity index (χ2v) is 3.62. The van der Waals surface area contributed by atoms with E-state index in [0.29, 0.717) is 0 Å². The standard InChI is InChI=1S/C11H12BrNO4/c1-16-11(15)9-7-17-10(13-9)6-8(14)4-2-3-5-12/h2-5,7-8,14H,6H2,1H3/b4-2+,5-3-/t8-/m0/s1. The van der Waals surface area contributed by atoms with Gasteiger partial charge in [0.2, 0.25) is 0 Å². The van der Waals surface area contributed by atoms with E-state index in [1.807, 2.05) is 0 Å². The summed E-state index contributed by atoms with van der Waals surface area (Å²) in [6.07, 6.45) is 5.67. The molecule has 0 amide bonds. The highest BCUT2D eigenvalue weighted by molar-refractivity contribution is 9.11. The number of hydrogen-bond donors (Lipinski definition) is 1. The second-order valence-electron chi connectivity index (χ2n) is 3.09. The maximum atomic E-state index is 11.1. The molecule has 1 atom stereocenters. The Morgan fingerprint density at radius 2 is 2.47 bits per heavy atom. The number of aromatic nitrogens is 1. The number of oxazole rings is 1. The van der Waals surface area contributed by atoms with Crippen molar-refractivity contribution in [2.75, 3.05) is 7.11 Å². The minimum Gasteiger partial charge on any atom is -0.464 e. The monoisotopic (exact) mass is 301 g/mol. The summed E-state index contributed by atoms with van der Waals surface area (Å²) < 4.78 is 9.51. The third-order valence-corrected chi connectivity index (χ3v) is 2.15. The molecule has 0 aliphatic heterocycles. The van der Waals surface area contributed by atoms with Crippen LogP contribution in [0.4, 0.5) is 0 Å². The van der Waals surface area contributed by atoms with Crippen LogP contribution in [0.25, 0.3) is 0 Å². The quantitative estimate of drug-likeness (QED) is 0.663. The summed E-state index contributed by atoms with van der Waals surface area (Å²) in [6.45, 7) is 0. The topological polar surface area (TPSA) is 72.6 Å². The molecule has 0 saturated carbocycles. The van der Waals surface area contributed by atoms with E-state index in [-0.39, 0.29) is 18.0 Å². The second kappa shape index (κ2) is 7.03. The molecule has 0 bridgehead atoms. The van der Waals surface area contributed by atoms with Crippen molar-refractivity contribution in [2.45, 2.75) is 12.5 Å². The Morgan fingerprint density at radius 3 is 3.12 bits per heavy atom. The highest BCUT2D eigenvalue weighted by Crippen LogP contribution is 2.07. The van der Waals surface area contributed by atoms with E-state index in [1.165, 1.54) is 13.4 Å². The molecule has 17 heavy (non-hydrogen) atoms. The minimum absolute atomic E-state index is 0.0963. The fourth-order valence-electron chi connectivity index (χ4n) is 1.08. The van der Waals surface area contributed by atoms with Crippen molar-refractivity contribution >= 4 is 21.9 Å². The molecule has 5 nitrogen and oxygen atoms in total. The smallest absolute Gasteiger partial charge is 0.360 e. The fraction of sp³-hybridized carbons (Fsp3) is 0.273. The zero-order valence-corrected chi connectivity index (χ0v) is 10.8. The van der Waals surface area contributed by atoms with Crippen molar-refractivity contribution in [1.82, 2.24) is 4.98 Å². The molecule has 0 aliphatic rings. The lowest BCUT2D eigenvalue weighted by molar-refractivity contribution is 0.0594. The number of carbonyl (C=O) groups is 1. The predicted molar refractivity (Wildman–Crippen MR) is 64.8 cm³/mol.